The molecule has 1 aliphatic carbocycles. The van der Waals surface area contributed by atoms with Gasteiger partial charge in [-0.25, -0.2) is 4.79 Å². The zero-order valence-corrected chi connectivity index (χ0v) is 33.1. The van der Waals surface area contributed by atoms with E-state index in [1.54, 1.807) is 6.07 Å². The molecule has 5 aliphatic heterocycles. The van der Waals surface area contributed by atoms with Gasteiger partial charge in [-0.2, -0.15) is 0 Å². The highest BCUT2D eigenvalue weighted by atomic mass is 16.6. The molecule has 9 rings (SSSR count). The van der Waals surface area contributed by atoms with Gasteiger partial charge in [-0.3, -0.25) is 24.1 Å². The number of rotatable bonds is 9. The quantitative estimate of drug-likeness (QED) is 0.187. The zero-order valence-electron chi connectivity index (χ0n) is 33.1. The van der Waals surface area contributed by atoms with Crippen LogP contribution in [-0.4, -0.2) is 114 Å². The van der Waals surface area contributed by atoms with Crippen molar-refractivity contribution < 1.29 is 43.3 Å². The van der Waals surface area contributed by atoms with Gasteiger partial charge < -0.3 is 34.1 Å². The summed E-state index contributed by atoms with van der Waals surface area (Å²) in [7, 11) is 2.71. The molecule has 1 saturated carbocycles. The monoisotopic (exact) mass is 778 g/mol. The average Bonchev–Trinajstić information content (AvgIpc) is 3.87. The molecule has 0 unspecified atom stereocenters. The van der Waals surface area contributed by atoms with E-state index in [0.717, 1.165) is 22.2 Å². The lowest BCUT2D eigenvalue weighted by atomic mass is 9.47. The Labute approximate surface area is 331 Å². The highest BCUT2D eigenvalue weighted by Gasteiger charge is 2.81. The maximum Gasteiger partial charge on any atom is 0.344 e. The van der Waals surface area contributed by atoms with Crippen LogP contribution >= 0.6 is 0 Å². The smallest absolute Gasteiger partial charge is 0.344 e. The number of esters is 2. The SMILES string of the molecule is CCC(=O)C[C@H]1CN2CCc3c([nH]c4ccccc34)[C@](c3cc4c(cc3OC)N(C=O)[C@H]3[C@@](O)(C(=O)OC)[C@H](OC(C)=O)[C@]5(CC)C=CCN6CC[C@]43[C@H]65)(C1)C2=O. The molecule has 2 amide bonds. The lowest BCUT2D eigenvalue weighted by Crippen LogP contribution is -2.81. The number of carbonyl (C=O) groups is 5. The van der Waals surface area contributed by atoms with Crippen molar-refractivity contribution in [3.05, 3.63) is 70.9 Å². The number of benzene rings is 2. The van der Waals surface area contributed by atoms with Crippen LogP contribution in [0, 0.1) is 11.3 Å². The predicted molar refractivity (Wildman–Crippen MR) is 209 cm³/mol. The molecule has 0 radical (unpaired) electrons. The lowest BCUT2D eigenvalue weighted by Gasteiger charge is -2.63. The van der Waals surface area contributed by atoms with Gasteiger partial charge in [0.05, 0.1) is 25.9 Å². The number of anilines is 1. The summed E-state index contributed by atoms with van der Waals surface area (Å²) in [6, 6.07) is 10.1. The first-order chi connectivity index (χ1) is 27.4. The Morgan fingerprint density at radius 3 is 2.56 bits per heavy atom. The van der Waals surface area contributed by atoms with E-state index < -0.39 is 52.0 Å². The van der Waals surface area contributed by atoms with Gasteiger partial charge in [0.1, 0.15) is 16.9 Å². The summed E-state index contributed by atoms with van der Waals surface area (Å²) in [5, 5.41) is 14.3. The molecule has 13 heteroatoms. The van der Waals surface area contributed by atoms with Gasteiger partial charge in [-0.05, 0) is 61.4 Å². The fraction of sp³-hybridized carbons (Fsp3) is 0.523. The number of methoxy groups -OCH3 is 2. The Morgan fingerprint density at radius 2 is 1.86 bits per heavy atom. The second-order valence-electron chi connectivity index (χ2n) is 16.9. The minimum Gasteiger partial charge on any atom is -0.496 e. The Balaban J connectivity index is 1.37. The lowest BCUT2D eigenvalue weighted by molar-refractivity contribution is -0.228. The number of piperidine rings is 1. The van der Waals surface area contributed by atoms with E-state index in [0.29, 0.717) is 93.7 Å². The van der Waals surface area contributed by atoms with Crippen molar-refractivity contribution in [2.24, 2.45) is 11.3 Å². The second kappa shape index (κ2) is 13.0. The first-order valence-corrected chi connectivity index (χ1v) is 20.2. The number of hydrogen-bond donors (Lipinski definition) is 2. The molecule has 1 aromatic heterocycles. The number of H-pyrrole nitrogens is 1. The van der Waals surface area contributed by atoms with Crippen LogP contribution in [0.25, 0.3) is 10.9 Å². The summed E-state index contributed by atoms with van der Waals surface area (Å²) < 4.78 is 17.7. The molecular weight excluding hydrogens is 729 g/mol. The second-order valence-corrected chi connectivity index (χ2v) is 16.9. The summed E-state index contributed by atoms with van der Waals surface area (Å²) in [6.07, 6.45) is 5.69. The van der Waals surface area contributed by atoms with Gasteiger partial charge in [0, 0.05) is 84.5 Å². The van der Waals surface area contributed by atoms with E-state index >= 15 is 4.79 Å². The number of fused-ring (bicyclic) bond motifs is 7. The van der Waals surface area contributed by atoms with Crippen LogP contribution in [0.1, 0.15) is 75.3 Å². The molecule has 6 aliphatic rings. The number of ether oxygens (including phenoxy) is 3. The first-order valence-electron chi connectivity index (χ1n) is 20.2. The summed E-state index contributed by atoms with van der Waals surface area (Å²) in [5.74, 6) is -1.45. The number of hydrogen-bond acceptors (Lipinski definition) is 10. The van der Waals surface area contributed by atoms with Gasteiger partial charge in [-0.1, -0.05) is 44.2 Å². The largest absolute Gasteiger partial charge is 0.496 e. The molecule has 300 valence electrons. The summed E-state index contributed by atoms with van der Waals surface area (Å²) >= 11 is 0. The normalized spacial score (nSPS) is 33.5. The molecule has 3 aromatic rings. The predicted octanol–water partition coefficient (Wildman–Crippen LogP) is 3.71. The third kappa shape index (κ3) is 4.66. The van der Waals surface area contributed by atoms with Crippen LogP contribution in [0.5, 0.6) is 5.75 Å². The van der Waals surface area contributed by atoms with Gasteiger partial charge in [0.15, 0.2) is 6.10 Å². The van der Waals surface area contributed by atoms with Gasteiger partial charge in [-0.15, -0.1) is 0 Å². The van der Waals surface area contributed by atoms with Crippen LogP contribution in [0.4, 0.5) is 5.69 Å². The molecule has 8 atom stereocenters. The van der Waals surface area contributed by atoms with Crippen molar-refractivity contribution in [2.75, 3.05) is 45.3 Å². The van der Waals surface area contributed by atoms with Gasteiger partial charge in [0.2, 0.25) is 17.9 Å². The average molecular weight is 779 g/mol. The molecule has 2 saturated heterocycles. The maximum absolute atomic E-state index is 15.5. The molecule has 2 N–H and O–H groups in total. The fourth-order valence-corrected chi connectivity index (χ4v) is 12.6. The number of nitrogens with zero attached hydrogens (tertiary/aromatic N) is 3. The maximum atomic E-state index is 15.5. The number of Topliss-reactive ketones (excluding diaryl/α,β-unsaturated/α-hetero) is 1. The third-order valence-corrected chi connectivity index (χ3v) is 14.6. The number of aromatic amines is 1. The molecule has 1 spiro atoms. The number of amides is 2. The Bertz CT molecular complexity index is 2270. The van der Waals surface area contributed by atoms with Crippen molar-refractivity contribution in [1.29, 1.82) is 0 Å². The Hall–Kier alpha value is -5.01. The van der Waals surface area contributed by atoms with Gasteiger partial charge in [0.25, 0.3) is 0 Å². The minimum atomic E-state index is -2.51. The molecule has 57 heavy (non-hydrogen) atoms. The molecular formula is C44H50N4O9. The number of carbonyl (C=O) groups excluding carboxylic acids is 5. The zero-order chi connectivity index (χ0) is 40.2. The molecule has 6 heterocycles. The van der Waals surface area contributed by atoms with Crippen LogP contribution < -0.4 is 9.64 Å². The van der Waals surface area contributed by atoms with Crippen molar-refractivity contribution in [3.8, 4) is 5.75 Å². The number of ketones is 1. The number of nitrogens with one attached hydrogen (secondary N) is 1. The van der Waals surface area contributed by atoms with Crippen LogP contribution in [0.15, 0.2) is 48.6 Å². The topological polar surface area (TPSA) is 159 Å². The molecule has 13 nitrogen and oxygen atoms in total. The molecule has 3 fully saturated rings. The van der Waals surface area contributed by atoms with Crippen molar-refractivity contribution in [1.82, 2.24) is 14.8 Å². The van der Waals surface area contributed by atoms with E-state index in [2.05, 4.69) is 16.0 Å². The Morgan fingerprint density at radius 1 is 1.07 bits per heavy atom. The highest BCUT2D eigenvalue weighted by Crippen LogP contribution is 2.68. The third-order valence-electron chi connectivity index (χ3n) is 14.6. The van der Waals surface area contributed by atoms with Crippen molar-refractivity contribution >= 4 is 46.6 Å². The number of aromatic nitrogens is 1. The van der Waals surface area contributed by atoms with E-state index in [1.165, 1.54) is 26.0 Å². The van der Waals surface area contributed by atoms with Crippen LogP contribution in [-0.2, 0) is 50.7 Å². The van der Waals surface area contributed by atoms with Crippen LogP contribution in [0.3, 0.4) is 0 Å². The summed E-state index contributed by atoms with van der Waals surface area (Å²) in [6.45, 7) is 7.14. The summed E-state index contributed by atoms with van der Waals surface area (Å²) in [5.41, 5.74) is -1.57. The van der Waals surface area contributed by atoms with E-state index in [-0.39, 0.29) is 17.6 Å². The van der Waals surface area contributed by atoms with E-state index in [9.17, 15) is 24.3 Å². The van der Waals surface area contributed by atoms with Gasteiger partial charge >= 0.3 is 11.9 Å². The van der Waals surface area contributed by atoms with E-state index in [1.807, 2.05) is 55.2 Å². The van der Waals surface area contributed by atoms with Crippen LogP contribution in [0.2, 0.25) is 0 Å². The van der Waals surface area contributed by atoms with Crippen molar-refractivity contribution in [3.63, 3.8) is 0 Å². The highest BCUT2D eigenvalue weighted by molar-refractivity contribution is 5.99. The fourth-order valence-electron chi connectivity index (χ4n) is 12.6. The van der Waals surface area contributed by atoms with E-state index in [4.69, 9.17) is 14.2 Å². The number of para-hydroxylation sites is 1. The molecule has 2 bridgehead atoms. The number of aliphatic hydroxyl groups is 1. The summed E-state index contributed by atoms with van der Waals surface area (Å²) in [4.78, 5) is 78.7. The molecule has 2 aromatic carbocycles. The van der Waals surface area contributed by atoms with Crippen molar-refractivity contribution in [2.45, 2.75) is 93.9 Å². The standard InChI is InChI=1S/C44H50N4O9/c1-6-27(51)19-26-22-43(35-29(13-17-47(23-26)39(43)52)28-11-8-9-12-32(28)45-35)31-20-30-33(21-34(31)55-4)48(24-49)37-42(30)15-18-46-16-10-14-41(7-2,36(42)46)38(57-25(3)50)44(37,54)40(53)56-5/h8-12,14,20-21,24,26,36-38,45,54H,6-7,13,15-19,22-23H2,1-5H3/t26-,36-,37-,38-,41-,42-,43-,44+/m1/s1. The minimum absolute atomic E-state index is 0.0910. The Kier molecular flexibility index (Phi) is 8.57. The first kappa shape index (κ1) is 37.6.